The first kappa shape index (κ1) is 19.2. The normalized spacial score (nSPS) is 33.1. The second kappa shape index (κ2) is 8.48. The maximum atomic E-state index is 6.06. The van der Waals surface area contributed by atoms with Gasteiger partial charge < -0.3 is 14.8 Å². The standard InChI is InChI=1S/C22H35N3O2/c1-16-14-24(22-18(3)27-22)15-17(2)25(16)12-13-26-21-6-4-19(5-7-21)20-8-10-23-11-9-20/h4-7,16-18,20,22-23H,8-15H2,1-3H3/t16-,17+,18?,22?. The molecule has 0 radical (unpaired) electrons. The highest BCUT2D eigenvalue weighted by Crippen LogP contribution is 2.29. The molecular weight excluding hydrogens is 338 g/mol. The molecule has 3 saturated heterocycles. The molecule has 2 unspecified atom stereocenters. The molecule has 0 bridgehead atoms. The van der Waals surface area contributed by atoms with Gasteiger partial charge in [0.05, 0.1) is 6.10 Å². The Morgan fingerprint density at radius 3 is 2.26 bits per heavy atom. The van der Waals surface area contributed by atoms with E-state index in [4.69, 9.17) is 9.47 Å². The van der Waals surface area contributed by atoms with Gasteiger partial charge in [-0.3, -0.25) is 9.80 Å². The summed E-state index contributed by atoms with van der Waals surface area (Å²) in [6, 6.07) is 9.88. The lowest BCUT2D eigenvalue weighted by atomic mass is 9.90. The van der Waals surface area contributed by atoms with E-state index in [0.29, 0.717) is 30.3 Å². The molecule has 4 rings (SSSR count). The molecule has 150 valence electrons. The van der Waals surface area contributed by atoms with Gasteiger partial charge in [0.25, 0.3) is 0 Å². The minimum atomic E-state index is 0.353. The molecule has 5 heteroatoms. The number of nitrogens with zero attached hydrogens (tertiary/aromatic N) is 2. The summed E-state index contributed by atoms with van der Waals surface area (Å²) in [6.45, 7) is 13.0. The Morgan fingerprint density at radius 1 is 1.04 bits per heavy atom. The van der Waals surface area contributed by atoms with Gasteiger partial charge in [0.2, 0.25) is 0 Å². The van der Waals surface area contributed by atoms with Gasteiger partial charge in [-0.05, 0) is 70.3 Å². The van der Waals surface area contributed by atoms with Crippen molar-refractivity contribution >= 4 is 0 Å². The van der Waals surface area contributed by atoms with Crippen molar-refractivity contribution in [3.05, 3.63) is 29.8 Å². The number of ether oxygens (including phenoxy) is 2. The van der Waals surface area contributed by atoms with Crippen LogP contribution >= 0.6 is 0 Å². The van der Waals surface area contributed by atoms with Crippen LogP contribution in [0.1, 0.15) is 45.1 Å². The molecule has 1 aromatic rings. The van der Waals surface area contributed by atoms with Crippen LogP contribution in [0.4, 0.5) is 0 Å². The highest BCUT2D eigenvalue weighted by atomic mass is 16.6. The van der Waals surface area contributed by atoms with E-state index in [-0.39, 0.29) is 0 Å². The summed E-state index contributed by atoms with van der Waals surface area (Å²) in [7, 11) is 0. The Labute approximate surface area is 164 Å². The third-order valence-corrected chi connectivity index (χ3v) is 6.48. The van der Waals surface area contributed by atoms with Crippen LogP contribution in [0.3, 0.4) is 0 Å². The summed E-state index contributed by atoms with van der Waals surface area (Å²) in [5.41, 5.74) is 1.46. The number of piperidine rings is 1. The fourth-order valence-electron chi connectivity index (χ4n) is 4.86. The molecule has 4 atom stereocenters. The zero-order valence-corrected chi connectivity index (χ0v) is 17.1. The van der Waals surface area contributed by atoms with E-state index in [1.807, 2.05) is 0 Å². The Morgan fingerprint density at radius 2 is 1.67 bits per heavy atom. The highest BCUT2D eigenvalue weighted by Gasteiger charge is 2.43. The Bertz CT molecular complexity index is 590. The van der Waals surface area contributed by atoms with Crippen LogP contribution in [0.25, 0.3) is 0 Å². The molecule has 0 saturated carbocycles. The second-order valence-electron chi connectivity index (χ2n) is 8.56. The van der Waals surface area contributed by atoms with E-state index in [1.54, 1.807) is 0 Å². The summed E-state index contributed by atoms with van der Waals surface area (Å²) in [5.74, 6) is 1.70. The zero-order valence-electron chi connectivity index (χ0n) is 17.1. The maximum Gasteiger partial charge on any atom is 0.137 e. The average molecular weight is 374 g/mol. The van der Waals surface area contributed by atoms with Crippen molar-refractivity contribution in [2.24, 2.45) is 0 Å². The quantitative estimate of drug-likeness (QED) is 0.777. The maximum absolute atomic E-state index is 6.06. The molecule has 27 heavy (non-hydrogen) atoms. The third kappa shape index (κ3) is 4.65. The second-order valence-corrected chi connectivity index (χ2v) is 8.56. The number of benzene rings is 1. The fourth-order valence-corrected chi connectivity index (χ4v) is 4.86. The molecule has 1 N–H and O–H groups in total. The van der Waals surface area contributed by atoms with Gasteiger partial charge in [-0.25, -0.2) is 0 Å². The van der Waals surface area contributed by atoms with Gasteiger partial charge in [-0.15, -0.1) is 0 Å². The molecule has 0 aromatic heterocycles. The molecule has 5 nitrogen and oxygen atoms in total. The molecule has 3 fully saturated rings. The number of hydrogen-bond acceptors (Lipinski definition) is 5. The number of rotatable bonds is 6. The first-order valence-electron chi connectivity index (χ1n) is 10.7. The van der Waals surface area contributed by atoms with Gasteiger partial charge in [-0.1, -0.05) is 12.1 Å². The molecule has 1 aromatic carbocycles. The van der Waals surface area contributed by atoms with Crippen molar-refractivity contribution in [3.63, 3.8) is 0 Å². The lowest BCUT2D eigenvalue weighted by Crippen LogP contribution is -2.58. The van der Waals surface area contributed by atoms with Crippen LogP contribution in [-0.2, 0) is 4.74 Å². The topological polar surface area (TPSA) is 40.3 Å². The zero-order chi connectivity index (χ0) is 18.8. The third-order valence-electron chi connectivity index (χ3n) is 6.48. The molecule has 3 aliphatic rings. The average Bonchev–Trinajstić information content (AvgIpc) is 3.42. The van der Waals surface area contributed by atoms with Crippen LogP contribution < -0.4 is 10.1 Å². The minimum absolute atomic E-state index is 0.353. The van der Waals surface area contributed by atoms with E-state index in [9.17, 15) is 0 Å². The van der Waals surface area contributed by atoms with E-state index >= 15 is 0 Å². The molecule has 0 aliphatic carbocycles. The van der Waals surface area contributed by atoms with Crippen molar-refractivity contribution in [2.75, 3.05) is 39.3 Å². The summed E-state index contributed by atoms with van der Waals surface area (Å²) >= 11 is 0. The molecular formula is C22H35N3O2. The number of nitrogens with one attached hydrogen (secondary N) is 1. The van der Waals surface area contributed by atoms with Gasteiger partial charge in [0.15, 0.2) is 0 Å². The van der Waals surface area contributed by atoms with Crippen LogP contribution in [0.15, 0.2) is 24.3 Å². The fraction of sp³-hybridized carbons (Fsp3) is 0.727. The van der Waals surface area contributed by atoms with Crippen molar-refractivity contribution in [3.8, 4) is 5.75 Å². The molecule has 3 heterocycles. The highest BCUT2D eigenvalue weighted by molar-refractivity contribution is 5.29. The lowest BCUT2D eigenvalue weighted by Gasteiger charge is -2.44. The van der Waals surface area contributed by atoms with Crippen molar-refractivity contribution < 1.29 is 9.47 Å². The first-order valence-corrected chi connectivity index (χ1v) is 10.7. The van der Waals surface area contributed by atoms with Crippen molar-refractivity contribution in [1.29, 1.82) is 0 Å². The largest absolute Gasteiger partial charge is 0.492 e. The van der Waals surface area contributed by atoms with Crippen LogP contribution in [-0.4, -0.2) is 73.5 Å². The minimum Gasteiger partial charge on any atom is -0.492 e. The predicted molar refractivity (Wildman–Crippen MR) is 108 cm³/mol. The monoisotopic (exact) mass is 373 g/mol. The van der Waals surface area contributed by atoms with Crippen molar-refractivity contribution in [2.45, 2.75) is 63.9 Å². The van der Waals surface area contributed by atoms with Gasteiger partial charge in [-0.2, -0.15) is 0 Å². The van der Waals surface area contributed by atoms with Crippen LogP contribution in [0, 0.1) is 0 Å². The van der Waals surface area contributed by atoms with E-state index in [0.717, 1.165) is 45.1 Å². The number of epoxide rings is 1. The van der Waals surface area contributed by atoms with Gasteiger partial charge >= 0.3 is 0 Å². The lowest BCUT2D eigenvalue weighted by molar-refractivity contribution is 0.00916. The summed E-state index contributed by atoms with van der Waals surface area (Å²) < 4.78 is 11.7. The number of piperazine rings is 1. The predicted octanol–water partition coefficient (Wildman–Crippen LogP) is 2.67. The summed E-state index contributed by atoms with van der Waals surface area (Å²) in [4.78, 5) is 5.07. The SMILES string of the molecule is CC1OC1N1C[C@@H](C)N(CCOc2ccc(C3CCNCC3)cc2)[C@@H](C)C1. The van der Waals surface area contributed by atoms with E-state index in [1.165, 1.54) is 18.4 Å². The summed E-state index contributed by atoms with van der Waals surface area (Å²) in [6.07, 6.45) is 3.25. The summed E-state index contributed by atoms with van der Waals surface area (Å²) in [5, 5.41) is 3.44. The Kier molecular flexibility index (Phi) is 6.02. The number of hydrogen-bond donors (Lipinski definition) is 1. The van der Waals surface area contributed by atoms with Crippen LogP contribution in [0.5, 0.6) is 5.75 Å². The van der Waals surface area contributed by atoms with Gasteiger partial charge in [0.1, 0.15) is 18.6 Å². The van der Waals surface area contributed by atoms with E-state index < -0.39 is 0 Å². The van der Waals surface area contributed by atoms with Gasteiger partial charge in [0, 0.05) is 31.7 Å². The first-order chi connectivity index (χ1) is 13.1. The molecule has 0 amide bonds. The molecule has 0 spiro atoms. The smallest absolute Gasteiger partial charge is 0.137 e. The Hall–Kier alpha value is -1.14. The van der Waals surface area contributed by atoms with E-state index in [2.05, 4.69) is 60.2 Å². The molecule has 3 aliphatic heterocycles. The Balaban J connectivity index is 1.23. The van der Waals surface area contributed by atoms with Crippen molar-refractivity contribution in [1.82, 2.24) is 15.1 Å². The van der Waals surface area contributed by atoms with Crippen LogP contribution in [0.2, 0.25) is 0 Å².